The quantitative estimate of drug-likeness (QED) is 0.0630. The number of hydrogen-bond donors (Lipinski definition) is 2. The predicted molar refractivity (Wildman–Crippen MR) is 208 cm³/mol. The molecule has 0 saturated carbocycles. The third kappa shape index (κ3) is 22.9. The van der Waals surface area contributed by atoms with Gasteiger partial charge in [-0.1, -0.05) is 168 Å². The van der Waals surface area contributed by atoms with Crippen LogP contribution >= 0.6 is 0 Å². The van der Waals surface area contributed by atoms with Crippen LogP contribution in [0.4, 0.5) is 0 Å². The van der Waals surface area contributed by atoms with Gasteiger partial charge in [0.15, 0.2) is 0 Å². The summed E-state index contributed by atoms with van der Waals surface area (Å²) in [6.07, 6.45) is 36.2. The number of carbonyl (C=O) groups excluding carboxylic acids is 2. The summed E-state index contributed by atoms with van der Waals surface area (Å²) in [6, 6.07) is 0.0407. The van der Waals surface area contributed by atoms with Crippen molar-refractivity contribution in [3.8, 4) is 0 Å². The van der Waals surface area contributed by atoms with Gasteiger partial charge in [0, 0.05) is 35.9 Å². The number of carboxylic acid groups (broad SMARTS) is 1. The normalized spacial score (nSPS) is 18.9. The van der Waals surface area contributed by atoms with E-state index >= 15 is 0 Å². The number of likely N-dealkylation sites (tertiary alicyclic amines) is 1. The second-order valence-corrected chi connectivity index (χ2v) is 17.0. The molecule has 49 heavy (non-hydrogen) atoms. The Kier molecular flexibility index (Phi) is 25.4. The van der Waals surface area contributed by atoms with Gasteiger partial charge in [0.1, 0.15) is 0 Å². The van der Waals surface area contributed by atoms with Crippen molar-refractivity contribution in [2.24, 2.45) is 5.92 Å². The zero-order valence-electron chi connectivity index (χ0n) is 33.5. The molecular formula is C43H82N2O4. The van der Waals surface area contributed by atoms with E-state index in [1.165, 1.54) is 141 Å². The lowest BCUT2D eigenvalue weighted by Gasteiger charge is -2.48. The zero-order valence-corrected chi connectivity index (χ0v) is 33.5. The molecule has 1 atom stereocenters. The molecule has 2 saturated heterocycles. The highest BCUT2D eigenvalue weighted by atomic mass is 16.4. The molecule has 6 heteroatoms. The molecule has 2 aliphatic heterocycles. The number of hydrogen-bond acceptors (Lipinski definition) is 4. The molecule has 288 valence electrons. The molecule has 0 bridgehead atoms. The Morgan fingerprint density at radius 1 is 0.612 bits per heavy atom. The summed E-state index contributed by atoms with van der Waals surface area (Å²) in [6.45, 7) is 13.2. The number of carbonyl (C=O) groups is 3. The van der Waals surface area contributed by atoms with Crippen LogP contribution in [0.1, 0.15) is 234 Å². The Hall–Kier alpha value is -1.43. The number of nitrogens with zero attached hydrogens (tertiary/aromatic N) is 1. The van der Waals surface area contributed by atoms with Gasteiger partial charge in [-0.2, -0.15) is 0 Å². The van der Waals surface area contributed by atoms with Crippen molar-refractivity contribution in [1.29, 1.82) is 0 Å². The summed E-state index contributed by atoms with van der Waals surface area (Å²) in [5.41, 5.74) is -0.108. The average Bonchev–Trinajstić information content (AvgIpc) is 3.30. The van der Waals surface area contributed by atoms with Crippen LogP contribution in [0, 0.1) is 5.92 Å². The van der Waals surface area contributed by atoms with E-state index in [2.05, 4.69) is 46.9 Å². The van der Waals surface area contributed by atoms with Gasteiger partial charge < -0.3 is 10.4 Å². The van der Waals surface area contributed by atoms with Crippen molar-refractivity contribution in [1.82, 2.24) is 10.2 Å². The number of imide groups is 1. The number of carboxylic acids is 1. The van der Waals surface area contributed by atoms with Crippen molar-refractivity contribution in [2.75, 3.05) is 0 Å². The lowest BCUT2D eigenvalue weighted by molar-refractivity contribution is -0.144. The first-order valence-electron chi connectivity index (χ1n) is 21.3. The van der Waals surface area contributed by atoms with E-state index in [0.29, 0.717) is 12.8 Å². The van der Waals surface area contributed by atoms with Crippen molar-refractivity contribution in [3.63, 3.8) is 0 Å². The Balaban J connectivity index is 0.000000528. The maximum atomic E-state index is 13.0. The maximum Gasteiger partial charge on any atom is 0.303 e. The fraction of sp³-hybridized carbons (Fsp3) is 0.930. The van der Waals surface area contributed by atoms with Crippen molar-refractivity contribution in [3.05, 3.63) is 0 Å². The van der Waals surface area contributed by atoms with Gasteiger partial charge in [0.25, 0.3) is 0 Å². The Bertz CT molecular complexity index is 854. The standard InChI is InChI=1S/C25H46N2O2.C18H36O2/c1-6-7-8-9-10-11-12-13-14-15-16-20-17-22(28)27(23(20)29)21-18-24(2,3)26-25(4,5)19-21;1-2-3-4-5-6-7-8-9-10-11-12-13-14-15-16-17-18(19)20/h20-21,26H,6-19H2,1-5H3;2-17H2,1H3,(H,19,20). The van der Waals surface area contributed by atoms with Crippen LogP contribution in [-0.2, 0) is 14.4 Å². The molecule has 0 spiro atoms. The molecule has 1 unspecified atom stereocenters. The van der Waals surface area contributed by atoms with Gasteiger partial charge in [-0.15, -0.1) is 0 Å². The Labute approximate surface area is 304 Å². The predicted octanol–water partition coefficient (Wildman–Crippen LogP) is 12.3. The highest BCUT2D eigenvalue weighted by molar-refractivity contribution is 6.03. The molecule has 2 amide bonds. The fourth-order valence-corrected chi connectivity index (χ4v) is 8.30. The van der Waals surface area contributed by atoms with Gasteiger partial charge in [-0.05, 0) is 53.4 Å². The SMILES string of the molecule is CCCCCCCCCCCCC1CC(=O)N(C2CC(C)(C)NC(C)(C)C2)C1=O.CCCCCCCCCCCCCCCCCC(=O)O. The van der Waals surface area contributed by atoms with E-state index in [0.717, 1.165) is 38.5 Å². The lowest BCUT2D eigenvalue weighted by atomic mass is 9.79. The number of piperidine rings is 1. The van der Waals surface area contributed by atoms with E-state index in [1.807, 2.05) is 0 Å². The van der Waals surface area contributed by atoms with E-state index in [4.69, 9.17) is 5.11 Å². The first-order valence-corrected chi connectivity index (χ1v) is 21.3. The zero-order chi connectivity index (χ0) is 36.4. The minimum Gasteiger partial charge on any atom is -0.481 e. The van der Waals surface area contributed by atoms with Crippen LogP contribution < -0.4 is 5.32 Å². The first-order chi connectivity index (χ1) is 23.4. The molecule has 0 radical (unpaired) electrons. The number of nitrogens with one attached hydrogen (secondary N) is 1. The van der Waals surface area contributed by atoms with Gasteiger partial charge in [0.2, 0.25) is 11.8 Å². The van der Waals surface area contributed by atoms with Gasteiger partial charge in [0.05, 0.1) is 0 Å². The second-order valence-electron chi connectivity index (χ2n) is 17.0. The monoisotopic (exact) mass is 691 g/mol. The van der Waals surface area contributed by atoms with Crippen LogP contribution in [0.3, 0.4) is 0 Å². The molecule has 2 aliphatic rings. The van der Waals surface area contributed by atoms with Crippen LogP contribution in [0.15, 0.2) is 0 Å². The summed E-state index contributed by atoms with van der Waals surface area (Å²) in [4.78, 5) is 37.7. The Morgan fingerprint density at radius 3 is 1.33 bits per heavy atom. The van der Waals surface area contributed by atoms with Crippen molar-refractivity contribution in [2.45, 2.75) is 251 Å². The van der Waals surface area contributed by atoms with E-state index < -0.39 is 5.97 Å². The largest absolute Gasteiger partial charge is 0.481 e. The van der Waals surface area contributed by atoms with Gasteiger partial charge in [-0.3, -0.25) is 19.3 Å². The van der Waals surface area contributed by atoms with Crippen LogP contribution in [0.2, 0.25) is 0 Å². The summed E-state index contributed by atoms with van der Waals surface area (Å²) in [5.74, 6) is -0.563. The molecule has 0 aromatic carbocycles. The molecule has 2 rings (SSSR count). The lowest BCUT2D eigenvalue weighted by Crippen LogP contribution is -2.62. The van der Waals surface area contributed by atoms with E-state index in [1.54, 1.807) is 4.90 Å². The topological polar surface area (TPSA) is 86.7 Å². The fourth-order valence-electron chi connectivity index (χ4n) is 8.30. The highest BCUT2D eigenvalue weighted by Crippen LogP contribution is 2.36. The molecule has 0 aliphatic carbocycles. The summed E-state index contributed by atoms with van der Waals surface area (Å²) in [7, 11) is 0. The van der Waals surface area contributed by atoms with Crippen LogP contribution in [-0.4, -0.2) is 44.9 Å². The third-order valence-corrected chi connectivity index (χ3v) is 10.7. The first kappa shape index (κ1) is 45.6. The third-order valence-electron chi connectivity index (χ3n) is 10.7. The molecule has 2 heterocycles. The van der Waals surface area contributed by atoms with E-state index in [9.17, 15) is 14.4 Å². The number of unbranched alkanes of at least 4 members (excludes halogenated alkanes) is 23. The number of amides is 2. The molecule has 2 fully saturated rings. The minimum atomic E-state index is -0.653. The van der Waals surface area contributed by atoms with Gasteiger partial charge in [-0.25, -0.2) is 0 Å². The number of rotatable bonds is 28. The van der Waals surface area contributed by atoms with Crippen molar-refractivity contribution >= 4 is 17.8 Å². The van der Waals surface area contributed by atoms with E-state index in [-0.39, 0.29) is 34.9 Å². The second kappa shape index (κ2) is 27.3. The summed E-state index contributed by atoms with van der Waals surface area (Å²) < 4.78 is 0. The average molecular weight is 691 g/mol. The molecule has 0 aromatic rings. The number of aliphatic carboxylic acids is 1. The maximum absolute atomic E-state index is 13.0. The van der Waals surface area contributed by atoms with Crippen molar-refractivity contribution < 1.29 is 19.5 Å². The van der Waals surface area contributed by atoms with Gasteiger partial charge >= 0.3 is 5.97 Å². The smallest absolute Gasteiger partial charge is 0.303 e. The molecule has 0 aromatic heterocycles. The minimum absolute atomic E-state index is 0.0407. The molecular weight excluding hydrogens is 608 g/mol. The van der Waals surface area contributed by atoms with Crippen LogP contribution in [0.25, 0.3) is 0 Å². The summed E-state index contributed by atoms with van der Waals surface area (Å²) in [5, 5.41) is 12.2. The molecule has 2 N–H and O–H groups in total. The molecule has 6 nitrogen and oxygen atoms in total. The van der Waals surface area contributed by atoms with Crippen LogP contribution in [0.5, 0.6) is 0 Å². The highest BCUT2D eigenvalue weighted by Gasteiger charge is 2.47. The summed E-state index contributed by atoms with van der Waals surface area (Å²) >= 11 is 0. The Morgan fingerprint density at radius 2 is 0.959 bits per heavy atom.